The molecular weight excluding hydrogens is 466 g/mol. The molecule has 2 N–H and O–H groups in total. The molecule has 196 valence electrons. The number of aromatic nitrogens is 1. The average molecular weight is 504 g/mol. The molecule has 37 heavy (non-hydrogen) atoms. The molecule has 0 unspecified atom stereocenters. The number of fused-ring (bicyclic) bond motifs is 1. The number of ether oxygens (including phenoxy) is 2. The van der Waals surface area contributed by atoms with Gasteiger partial charge in [0.2, 0.25) is 5.91 Å². The van der Waals surface area contributed by atoms with Crippen LogP contribution in [0.1, 0.15) is 19.3 Å². The maximum atomic E-state index is 13.2. The van der Waals surface area contributed by atoms with Crippen LogP contribution in [-0.2, 0) is 4.79 Å². The number of benzene rings is 2. The van der Waals surface area contributed by atoms with Crippen LogP contribution in [0.15, 0.2) is 42.5 Å². The number of carbonyl (C=O) groups excluding carboxylic acids is 1. The van der Waals surface area contributed by atoms with Gasteiger partial charge in [0.15, 0.2) is 11.5 Å². The highest BCUT2D eigenvalue weighted by Gasteiger charge is 2.29. The van der Waals surface area contributed by atoms with Crippen molar-refractivity contribution in [2.45, 2.75) is 19.3 Å². The Hall–Kier alpha value is -3.52. The van der Waals surface area contributed by atoms with Crippen molar-refractivity contribution < 1.29 is 14.3 Å². The lowest BCUT2D eigenvalue weighted by molar-refractivity contribution is -0.136. The predicted octanol–water partition coefficient (Wildman–Crippen LogP) is 3.88. The summed E-state index contributed by atoms with van der Waals surface area (Å²) < 4.78 is 11.5. The predicted molar refractivity (Wildman–Crippen MR) is 148 cm³/mol. The van der Waals surface area contributed by atoms with Crippen LogP contribution in [0.5, 0.6) is 11.5 Å². The number of piperidine rings is 1. The lowest BCUT2D eigenvalue weighted by atomic mass is 9.95. The van der Waals surface area contributed by atoms with Crippen molar-refractivity contribution in [2.75, 3.05) is 71.2 Å². The SMILES string of the molecule is COc1cc2nc(N3CCCN(C(=O)C4CCN(C)CC4)CC3)cc(N)c2c(-c2ccccc2)c1OC. The Morgan fingerprint density at radius 2 is 1.73 bits per heavy atom. The van der Waals surface area contributed by atoms with Gasteiger partial charge in [0, 0.05) is 60.9 Å². The minimum Gasteiger partial charge on any atom is -0.493 e. The molecule has 2 saturated heterocycles. The Bertz CT molecular complexity index is 1260. The van der Waals surface area contributed by atoms with Crippen LogP contribution >= 0.6 is 0 Å². The van der Waals surface area contributed by atoms with Gasteiger partial charge >= 0.3 is 0 Å². The molecule has 2 aliphatic heterocycles. The van der Waals surface area contributed by atoms with E-state index in [4.69, 9.17) is 20.2 Å². The fourth-order valence-corrected chi connectivity index (χ4v) is 5.65. The number of nitrogens with two attached hydrogens (primary N) is 1. The monoisotopic (exact) mass is 503 g/mol. The van der Waals surface area contributed by atoms with Gasteiger partial charge in [-0.05, 0) is 45.0 Å². The number of methoxy groups -OCH3 is 2. The van der Waals surface area contributed by atoms with Crippen molar-refractivity contribution in [3.05, 3.63) is 42.5 Å². The average Bonchev–Trinajstić information content (AvgIpc) is 3.19. The third-order valence-electron chi connectivity index (χ3n) is 7.72. The Labute approximate surface area is 218 Å². The van der Waals surface area contributed by atoms with Crippen molar-refractivity contribution in [3.63, 3.8) is 0 Å². The number of amides is 1. The molecule has 1 amide bonds. The van der Waals surface area contributed by atoms with E-state index in [0.717, 1.165) is 79.8 Å². The number of carbonyl (C=O) groups is 1. The highest BCUT2D eigenvalue weighted by Crippen LogP contribution is 2.46. The number of rotatable bonds is 5. The molecule has 0 radical (unpaired) electrons. The maximum absolute atomic E-state index is 13.2. The number of anilines is 2. The third kappa shape index (κ3) is 5.03. The van der Waals surface area contributed by atoms with Crippen LogP contribution in [0.3, 0.4) is 0 Å². The van der Waals surface area contributed by atoms with E-state index in [1.54, 1.807) is 14.2 Å². The van der Waals surface area contributed by atoms with E-state index in [-0.39, 0.29) is 5.92 Å². The van der Waals surface area contributed by atoms with Gasteiger partial charge in [-0.25, -0.2) is 4.98 Å². The van der Waals surface area contributed by atoms with Crippen LogP contribution in [-0.4, -0.2) is 81.2 Å². The summed E-state index contributed by atoms with van der Waals surface area (Å²) in [5.74, 6) is 2.54. The zero-order valence-electron chi connectivity index (χ0n) is 22.1. The van der Waals surface area contributed by atoms with E-state index in [0.29, 0.717) is 29.6 Å². The second-order valence-electron chi connectivity index (χ2n) is 10.1. The fourth-order valence-electron chi connectivity index (χ4n) is 5.65. The summed E-state index contributed by atoms with van der Waals surface area (Å²) >= 11 is 0. The molecule has 3 aromatic rings. The summed E-state index contributed by atoms with van der Waals surface area (Å²) in [6, 6.07) is 13.9. The number of nitrogens with zero attached hydrogens (tertiary/aromatic N) is 4. The largest absolute Gasteiger partial charge is 0.493 e. The van der Waals surface area contributed by atoms with Gasteiger partial charge in [-0.2, -0.15) is 0 Å². The Balaban J connectivity index is 1.45. The summed E-state index contributed by atoms with van der Waals surface area (Å²) in [6.45, 7) is 5.04. The number of likely N-dealkylation sites (tertiary alicyclic amines) is 1. The third-order valence-corrected chi connectivity index (χ3v) is 7.72. The second-order valence-corrected chi connectivity index (χ2v) is 10.1. The number of pyridine rings is 1. The van der Waals surface area contributed by atoms with Crippen LogP contribution in [0.4, 0.5) is 11.5 Å². The molecule has 0 spiro atoms. The first kappa shape index (κ1) is 25.1. The number of nitrogen functional groups attached to an aromatic ring is 1. The lowest BCUT2D eigenvalue weighted by Crippen LogP contribution is -2.43. The molecule has 2 fully saturated rings. The minimum absolute atomic E-state index is 0.149. The Kier molecular flexibility index (Phi) is 7.37. The van der Waals surface area contributed by atoms with E-state index in [1.165, 1.54) is 0 Å². The van der Waals surface area contributed by atoms with Crippen LogP contribution < -0.4 is 20.1 Å². The molecule has 8 heteroatoms. The van der Waals surface area contributed by atoms with Crippen LogP contribution in [0, 0.1) is 5.92 Å². The van der Waals surface area contributed by atoms with Gasteiger partial charge in [-0.3, -0.25) is 4.79 Å². The normalized spacial score (nSPS) is 17.6. The van der Waals surface area contributed by atoms with E-state index in [2.05, 4.69) is 21.7 Å². The molecule has 3 heterocycles. The summed E-state index contributed by atoms with van der Waals surface area (Å²) in [5, 5.41) is 0.849. The van der Waals surface area contributed by atoms with Gasteiger partial charge in [0.25, 0.3) is 0 Å². The van der Waals surface area contributed by atoms with Gasteiger partial charge in [-0.1, -0.05) is 30.3 Å². The van der Waals surface area contributed by atoms with E-state index >= 15 is 0 Å². The summed E-state index contributed by atoms with van der Waals surface area (Å²) in [5.41, 5.74) is 9.97. The molecule has 0 bridgehead atoms. The van der Waals surface area contributed by atoms with Gasteiger partial charge in [-0.15, -0.1) is 0 Å². The minimum atomic E-state index is 0.149. The Morgan fingerprint density at radius 3 is 2.43 bits per heavy atom. The first-order chi connectivity index (χ1) is 18.0. The first-order valence-corrected chi connectivity index (χ1v) is 13.1. The molecule has 8 nitrogen and oxygen atoms in total. The highest BCUT2D eigenvalue weighted by atomic mass is 16.5. The molecular formula is C29H37N5O3. The molecule has 0 atom stereocenters. The molecule has 0 aliphatic carbocycles. The van der Waals surface area contributed by atoms with Gasteiger partial charge in [0.05, 0.1) is 19.7 Å². The summed E-state index contributed by atoms with van der Waals surface area (Å²) in [7, 11) is 5.40. The van der Waals surface area contributed by atoms with E-state index in [9.17, 15) is 4.79 Å². The highest BCUT2D eigenvalue weighted by molar-refractivity contribution is 6.07. The summed E-state index contributed by atoms with van der Waals surface area (Å²) in [4.78, 5) is 24.9. The standard InChI is InChI=1S/C29H37N5O3/c1-32-14-10-21(11-15-32)29(35)34-13-7-12-33(16-17-34)25-18-22(30)27-23(31-25)19-24(36-2)28(37-3)26(27)20-8-5-4-6-9-20/h4-6,8-9,18-19,21H,7,10-17H2,1-3H3,(H2,30,31). The van der Waals surface area contributed by atoms with Crippen molar-refractivity contribution in [1.82, 2.24) is 14.8 Å². The van der Waals surface area contributed by atoms with Gasteiger partial charge < -0.3 is 29.9 Å². The van der Waals surface area contributed by atoms with Crippen molar-refractivity contribution >= 4 is 28.3 Å². The van der Waals surface area contributed by atoms with Crippen molar-refractivity contribution in [1.29, 1.82) is 0 Å². The molecule has 5 rings (SSSR count). The van der Waals surface area contributed by atoms with E-state index < -0.39 is 0 Å². The lowest BCUT2D eigenvalue weighted by Gasteiger charge is -2.32. The zero-order valence-corrected chi connectivity index (χ0v) is 22.1. The van der Waals surface area contributed by atoms with Crippen molar-refractivity contribution in [3.8, 4) is 22.6 Å². The molecule has 2 aromatic carbocycles. The second kappa shape index (κ2) is 10.8. The van der Waals surface area contributed by atoms with Gasteiger partial charge in [0.1, 0.15) is 5.82 Å². The number of hydrogen-bond acceptors (Lipinski definition) is 7. The summed E-state index contributed by atoms with van der Waals surface area (Å²) in [6.07, 6.45) is 2.81. The maximum Gasteiger partial charge on any atom is 0.225 e. The fraction of sp³-hybridized carbons (Fsp3) is 0.448. The molecule has 0 saturated carbocycles. The van der Waals surface area contributed by atoms with Crippen LogP contribution in [0.2, 0.25) is 0 Å². The van der Waals surface area contributed by atoms with Crippen LogP contribution in [0.25, 0.3) is 22.0 Å². The molecule has 1 aromatic heterocycles. The quantitative estimate of drug-likeness (QED) is 0.566. The first-order valence-electron chi connectivity index (χ1n) is 13.1. The van der Waals surface area contributed by atoms with E-state index in [1.807, 2.05) is 42.5 Å². The molecule has 2 aliphatic rings. The van der Waals surface area contributed by atoms with Crippen molar-refractivity contribution in [2.24, 2.45) is 5.92 Å². The number of hydrogen-bond donors (Lipinski definition) is 1. The Morgan fingerprint density at radius 1 is 0.973 bits per heavy atom. The smallest absolute Gasteiger partial charge is 0.225 e. The topological polar surface area (TPSA) is 84.2 Å². The zero-order chi connectivity index (χ0) is 25.9.